The highest BCUT2D eigenvalue weighted by Gasteiger charge is 2.22. The maximum Gasteiger partial charge on any atom is 0.264 e. The van der Waals surface area contributed by atoms with Crippen molar-refractivity contribution < 1.29 is 8.42 Å². The first-order valence-corrected chi connectivity index (χ1v) is 7.66. The molecule has 1 N–H and O–H groups in total. The molecule has 2 aromatic heterocycles. The molecule has 0 spiro atoms. The van der Waals surface area contributed by atoms with Crippen molar-refractivity contribution in [2.45, 2.75) is 31.1 Å². The highest BCUT2D eigenvalue weighted by molar-refractivity contribution is 7.92. The minimum atomic E-state index is -3.64. The van der Waals surface area contributed by atoms with Gasteiger partial charge in [-0.1, -0.05) is 20.8 Å². The number of pyridine rings is 1. The van der Waals surface area contributed by atoms with Crippen molar-refractivity contribution in [3.05, 3.63) is 36.3 Å². The van der Waals surface area contributed by atoms with E-state index >= 15 is 0 Å². The molecule has 0 atom stereocenters. The molecule has 0 bridgehead atoms. The lowest BCUT2D eigenvalue weighted by Crippen LogP contribution is -2.15. The van der Waals surface area contributed by atoms with Gasteiger partial charge in [0.25, 0.3) is 10.0 Å². The van der Waals surface area contributed by atoms with Crippen molar-refractivity contribution in [2.75, 3.05) is 4.72 Å². The van der Waals surface area contributed by atoms with Crippen molar-refractivity contribution in [3.63, 3.8) is 0 Å². The number of aryl methyl sites for hydroxylation is 1. The van der Waals surface area contributed by atoms with Crippen LogP contribution >= 0.6 is 0 Å². The molecule has 2 rings (SSSR count). The molecule has 108 valence electrons. The smallest absolute Gasteiger partial charge is 0.264 e. The molecule has 0 aliphatic heterocycles. The van der Waals surface area contributed by atoms with Crippen molar-refractivity contribution in [2.24, 2.45) is 7.05 Å². The molecule has 0 saturated heterocycles. The van der Waals surface area contributed by atoms with Crippen LogP contribution in [0, 0.1) is 0 Å². The van der Waals surface area contributed by atoms with Crippen molar-refractivity contribution in [1.82, 2.24) is 14.8 Å². The normalized spacial score (nSPS) is 12.4. The van der Waals surface area contributed by atoms with Gasteiger partial charge in [0.2, 0.25) is 0 Å². The third kappa shape index (κ3) is 2.98. The highest BCUT2D eigenvalue weighted by atomic mass is 32.2. The number of aromatic nitrogens is 3. The van der Waals surface area contributed by atoms with Gasteiger partial charge in [-0.2, -0.15) is 5.10 Å². The first-order chi connectivity index (χ1) is 9.20. The summed E-state index contributed by atoms with van der Waals surface area (Å²) in [5, 5.41) is 4.33. The van der Waals surface area contributed by atoms with E-state index in [0.29, 0.717) is 5.82 Å². The molecular formula is C13H18N4O2S. The van der Waals surface area contributed by atoms with Gasteiger partial charge < -0.3 is 0 Å². The lowest BCUT2D eigenvalue weighted by Gasteiger charge is -2.13. The van der Waals surface area contributed by atoms with E-state index in [0.717, 1.165) is 5.69 Å². The average molecular weight is 294 g/mol. The number of hydrogen-bond donors (Lipinski definition) is 1. The maximum absolute atomic E-state index is 12.2. The molecule has 0 fully saturated rings. The largest absolute Gasteiger partial charge is 0.264 e. The number of hydrogen-bond acceptors (Lipinski definition) is 4. The van der Waals surface area contributed by atoms with E-state index in [-0.39, 0.29) is 10.3 Å². The number of rotatable bonds is 3. The fourth-order valence-corrected chi connectivity index (χ4v) is 2.67. The molecule has 2 heterocycles. The summed E-state index contributed by atoms with van der Waals surface area (Å²) in [5.74, 6) is 0.429. The van der Waals surface area contributed by atoms with E-state index in [9.17, 15) is 8.42 Å². The van der Waals surface area contributed by atoms with Crippen LogP contribution in [0.2, 0.25) is 0 Å². The Morgan fingerprint density at radius 1 is 1.30 bits per heavy atom. The van der Waals surface area contributed by atoms with E-state index < -0.39 is 10.0 Å². The van der Waals surface area contributed by atoms with E-state index in [2.05, 4.69) is 14.8 Å². The maximum atomic E-state index is 12.2. The van der Waals surface area contributed by atoms with Crippen LogP contribution in [0.3, 0.4) is 0 Å². The number of sulfonamides is 1. The second kappa shape index (κ2) is 4.90. The monoisotopic (exact) mass is 294 g/mol. The molecule has 0 aliphatic carbocycles. The predicted molar refractivity (Wildman–Crippen MR) is 77.0 cm³/mol. The molecule has 0 aromatic carbocycles. The summed E-state index contributed by atoms with van der Waals surface area (Å²) in [4.78, 5) is 3.94. The van der Waals surface area contributed by atoms with Crippen LogP contribution in [0.4, 0.5) is 5.82 Å². The zero-order valence-corrected chi connectivity index (χ0v) is 12.8. The van der Waals surface area contributed by atoms with Gasteiger partial charge in [-0.3, -0.25) is 14.4 Å². The Morgan fingerprint density at radius 2 is 2.00 bits per heavy atom. The summed E-state index contributed by atoms with van der Waals surface area (Å²) in [7, 11) is -1.94. The lowest BCUT2D eigenvalue weighted by atomic mass is 9.92. The summed E-state index contributed by atoms with van der Waals surface area (Å²) >= 11 is 0. The zero-order valence-electron chi connectivity index (χ0n) is 12.0. The Morgan fingerprint density at radius 3 is 2.50 bits per heavy atom. The topological polar surface area (TPSA) is 76.9 Å². The Labute approximate surface area is 118 Å². The number of nitrogens with one attached hydrogen (secondary N) is 1. The van der Waals surface area contributed by atoms with Crippen LogP contribution in [-0.4, -0.2) is 23.2 Å². The van der Waals surface area contributed by atoms with Crippen LogP contribution in [0.5, 0.6) is 0 Å². The van der Waals surface area contributed by atoms with Crippen LogP contribution in [0.15, 0.2) is 35.5 Å². The third-order valence-electron chi connectivity index (χ3n) is 2.83. The third-order valence-corrected chi connectivity index (χ3v) is 4.17. The fourth-order valence-electron chi connectivity index (χ4n) is 1.63. The van der Waals surface area contributed by atoms with Gasteiger partial charge in [0.05, 0.1) is 5.69 Å². The zero-order chi connectivity index (χ0) is 15.0. The molecule has 0 aliphatic rings. The average Bonchev–Trinajstić information content (AvgIpc) is 2.71. The SMILES string of the molecule is Cn1nc(C(C)(C)C)cc1NS(=O)(=O)c1cccnc1. The van der Waals surface area contributed by atoms with E-state index in [4.69, 9.17) is 0 Å². The molecule has 0 saturated carbocycles. The lowest BCUT2D eigenvalue weighted by molar-refractivity contribution is 0.553. The van der Waals surface area contributed by atoms with Gasteiger partial charge in [0, 0.05) is 30.9 Å². The first kappa shape index (κ1) is 14.5. The summed E-state index contributed by atoms with van der Waals surface area (Å²) in [6, 6.07) is 4.82. The second-order valence-electron chi connectivity index (χ2n) is 5.58. The Bertz CT molecular complexity index is 700. The van der Waals surface area contributed by atoms with Gasteiger partial charge in [0.1, 0.15) is 10.7 Å². The molecule has 0 radical (unpaired) electrons. The molecule has 0 amide bonds. The summed E-state index contributed by atoms with van der Waals surface area (Å²) in [6.07, 6.45) is 2.84. The van der Waals surface area contributed by atoms with Gasteiger partial charge in [-0.05, 0) is 12.1 Å². The minimum Gasteiger partial charge on any atom is -0.264 e. The van der Waals surface area contributed by atoms with Crippen LogP contribution in [0.1, 0.15) is 26.5 Å². The quantitative estimate of drug-likeness (QED) is 0.938. The van der Waals surface area contributed by atoms with Gasteiger partial charge in [0.15, 0.2) is 0 Å². The number of anilines is 1. The summed E-state index contributed by atoms with van der Waals surface area (Å²) < 4.78 is 28.5. The Kier molecular flexibility index (Phi) is 3.56. The molecule has 20 heavy (non-hydrogen) atoms. The number of nitrogens with zero attached hydrogens (tertiary/aromatic N) is 3. The van der Waals surface area contributed by atoms with Crippen LogP contribution in [-0.2, 0) is 22.5 Å². The standard InChI is InChI=1S/C13H18N4O2S/c1-13(2,3)11-8-12(17(4)15-11)16-20(18,19)10-6-5-7-14-9-10/h5-9,16H,1-4H3. The van der Waals surface area contributed by atoms with E-state index in [1.165, 1.54) is 23.1 Å². The van der Waals surface area contributed by atoms with Crippen LogP contribution in [0.25, 0.3) is 0 Å². The second-order valence-corrected chi connectivity index (χ2v) is 7.27. The Balaban J connectivity index is 2.34. The fraction of sp³-hybridized carbons (Fsp3) is 0.385. The molecule has 2 aromatic rings. The molecule has 7 heteroatoms. The van der Waals surface area contributed by atoms with Crippen molar-refractivity contribution in [3.8, 4) is 0 Å². The van der Waals surface area contributed by atoms with Crippen molar-refractivity contribution >= 4 is 15.8 Å². The first-order valence-electron chi connectivity index (χ1n) is 6.17. The van der Waals surface area contributed by atoms with E-state index in [1.54, 1.807) is 19.2 Å². The van der Waals surface area contributed by atoms with Gasteiger partial charge >= 0.3 is 0 Å². The van der Waals surface area contributed by atoms with Gasteiger partial charge in [-0.25, -0.2) is 8.42 Å². The van der Waals surface area contributed by atoms with Crippen molar-refractivity contribution in [1.29, 1.82) is 0 Å². The molecule has 0 unspecified atom stereocenters. The summed E-state index contributed by atoms with van der Waals surface area (Å²) in [6.45, 7) is 6.07. The summed E-state index contributed by atoms with van der Waals surface area (Å²) in [5.41, 5.74) is 0.680. The minimum absolute atomic E-state index is 0.124. The predicted octanol–water partition coefficient (Wildman–Crippen LogP) is 1.91. The molecular weight excluding hydrogens is 276 g/mol. The van der Waals surface area contributed by atoms with Gasteiger partial charge in [-0.15, -0.1) is 0 Å². The highest BCUT2D eigenvalue weighted by Crippen LogP contribution is 2.24. The molecule has 6 nitrogen and oxygen atoms in total. The van der Waals surface area contributed by atoms with Crippen LogP contribution < -0.4 is 4.72 Å². The Hall–Kier alpha value is -1.89. The van der Waals surface area contributed by atoms with E-state index in [1.807, 2.05) is 20.8 Å².